The first-order chi connectivity index (χ1) is 11.7. The van der Waals surface area contributed by atoms with E-state index in [9.17, 15) is 4.79 Å². The van der Waals surface area contributed by atoms with Gasteiger partial charge in [0, 0.05) is 5.39 Å². The number of carbonyl (C=O) groups is 1. The summed E-state index contributed by atoms with van der Waals surface area (Å²) in [6, 6.07) is 10.2. The molecule has 4 aliphatic rings. The van der Waals surface area contributed by atoms with Crippen molar-refractivity contribution in [2.45, 2.75) is 38.0 Å². The maximum Gasteiger partial charge on any atom is 0.283 e. The molecule has 3 N–H and O–H groups in total. The molecule has 6 rings (SSSR count). The minimum atomic E-state index is -0.300. The van der Waals surface area contributed by atoms with E-state index >= 15 is 0 Å². The number of benzene rings is 1. The number of para-hydroxylation sites is 1. The predicted octanol–water partition coefficient (Wildman–Crippen LogP) is 3.38. The lowest BCUT2D eigenvalue weighted by molar-refractivity contribution is -0.00234. The van der Waals surface area contributed by atoms with E-state index in [1.165, 1.54) is 43.1 Å². The van der Waals surface area contributed by atoms with Gasteiger partial charge in [0.15, 0.2) is 0 Å². The van der Waals surface area contributed by atoms with Gasteiger partial charge in [0.2, 0.25) is 0 Å². The van der Waals surface area contributed by atoms with Crippen LogP contribution < -0.4 is 11.3 Å². The Balaban J connectivity index is 1.67. The van der Waals surface area contributed by atoms with Crippen molar-refractivity contribution in [1.82, 2.24) is 10.4 Å². The van der Waals surface area contributed by atoms with E-state index in [1.807, 2.05) is 18.2 Å². The van der Waals surface area contributed by atoms with E-state index in [4.69, 9.17) is 5.84 Å². The monoisotopic (exact) mass is 321 g/mol. The predicted molar refractivity (Wildman–Crippen MR) is 93.2 cm³/mol. The molecule has 0 aliphatic heterocycles. The summed E-state index contributed by atoms with van der Waals surface area (Å²) in [7, 11) is 0. The number of nitrogens with zero attached hydrogens (tertiary/aromatic N) is 1. The number of nitrogens with one attached hydrogen (secondary N) is 1. The summed E-state index contributed by atoms with van der Waals surface area (Å²) in [6.45, 7) is 0. The first-order valence-electron chi connectivity index (χ1n) is 9.13. The number of fused-ring (bicyclic) bond motifs is 1. The molecule has 1 aromatic heterocycles. The highest BCUT2D eigenvalue weighted by Gasteiger charge is 2.49. The Morgan fingerprint density at radius 2 is 1.71 bits per heavy atom. The molecule has 0 unspecified atom stereocenters. The highest BCUT2D eigenvalue weighted by Crippen LogP contribution is 2.60. The SMILES string of the molecule is NNC(=O)c1cc(C2C3CC4CC(C3)CC2C4)c2ccccc2n1. The number of pyridine rings is 1. The Bertz CT molecular complexity index is 788. The third-order valence-corrected chi connectivity index (χ3v) is 6.70. The van der Waals surface area contributed by atoms with Gasteiger partial charge in [-0.25, -0.2) is 10.8 Å². The van der Waals surface area contributed by atoms with E-state index in [0.29, 0.717) is 11.6 Å². The molecule has 1 heterocycles. The van der Waals surface area contributed by atoms with Gasteiger partial charge in [0.05, 0.1) is 5.52 Å². The Morgan fingerprint density at radius 1 is 1.04 bits per heavy atom. The first kappa shape index (κ1) is 14.4. The van der Waals surface area contributed by atoms with Crippen LogP contribution in [-0.2, 0) is 0 Å². The molecular weight excluding hydrogens is 298 g/mol. The zero-order valence-corrected chi connectivity index (χ0v) is 13.7. The molecule has 4 aliphatic carbocycles. The largest absolute Gasteiger partial charge is 0.289 e. The molecule has 4 fully saturated rings. The van der Waals surface area contributed by atoms with Crippen molar-refractivity contribution >= 4 is 16.8 Å². The summed E-state index contributed by atoms with van der Waals surface area (Å²) < 4.78 is 0. The number of nitrogens with two attached hydrogens (primary N) is 1. The standard InChI is InChI=1S/C20H23N3O/c21-23-20(24)18-10-16(15-3-1-2-4-17(15)22-18)19-13-6-11-5-12(8-13)9-14(19)7-11/h1-4,10-14,19H,5-9,21H2,(H,23,24). The number of amides is 1. The van der Waals surface area contributed by atoms with Crippen molar-refractivity contribution in [2.24, 2.45) is 29.5 Å². The van der Waals surface area contributed by atoms with E-state index < -0.39 is 0 Å². The molecule has 0 atom stereocenters. The van der Waals surface area contributed by atoms with Gasteiger partial charge < -0.3 is 0 Å². The Labute approximate surface area is 141 Å². The Hall–Kier alpha value is -1.94. The van der Waals surface area contributed by atoms with Crippen molar-refractivity contribution in [3.63, 3.8) is 0 Å². The average molecular weight is 321 g/mol. The van der Waals surface area contributed by atoms with Crippen LogP contribution in [-0.4, -0.2) is 10.9 Å². The lowest BCUT2D eigenvalue weighted by Crippen LogP contribution is -2.44. The van der Waals surface area contributed by atoms with Crippen LogP contribution in [0.4, 0.5) is 0 Å². The summed E-state index contributed by atoms with van der Waals surface area (Å²) in [5.41, 5.74) is 4.92. The lowest BCUT2D eigenvalue weighted by atomic mass is 9.50. The second-order valence-electron chi connectivity index (χ2n) is 8.04. The fourth-order valence-corrected chi connectivity index (χ4v) is 6.10. The topological polar surface area (TPSA) is 68.0 Å². The van der Waals surface area contributed by atoms with Gasteiger partial charge in [-0.3, -0.25) is 10.2 Å². The second kappa shape index (κ2) is 5.28. The van der Waals surface area contributed by atoms with Gasteiger partial charge in [-0.1, -0.05) is 18.2 Å². The molecule has 4 heteroatoms. The Kier molecular flexibility index (Phi) is 3.17. The van der Waals surface area contributed by atoms with Crippen LogP contribution in [0.25, 0.3) is 10.9 Å². The molecule has 1 amide bonds. The highest BCUT2D eigenvalue weighted by molar-refractivity contribution is 5.95. The molecule has 4 bridgehead atoms. The van der Waals surface area contributed by atoms with E-state index in [-0.39, 0.29) is 5.91 Å². The number of rotatable bonds is 2. The Morgan fingerprint density at radius 3 is 2.38 bits per heavy atom. The van der Waals surface area contributed by atoms with E-state index in [1.54, 1.807) is 0 Å². The maximum absolute atomic E-state index is 12.1. The molecule has 4 nitrogen and oxygen atoms in total. The summed E-state index contributed by atoms with van der Waals surface area (Å²) in [4.78, 5) is 16.6. The van der Waals surface area contributed by atoms with Gasteiger partial charge in [0.1, 0.15) is 5.69 Å². The lowest BCUT2D eigenvalue weighted by Gasteiger charge is -2.54. The van der Waals surface area contributed by atoms with E-state index in [0.717, 1.165) is 29.2 Å². The zero-order chi connectivity index (χ0) is 16.3. The van der Waals surface area contributed by atoms with Crippen LogP contribution in [0.2, 0.25) is 0 Å². The number of hydrogen-bond donors (Lipinski definition) is 2. The minimum Gasteiger partial charge on any atom is -0.289 e. The average Bonchev–Trinajstić information content (AvgIpc) is 2.60. The zero-order valence-electron chi connectivity index (χ0n) is 13.7. The van der Waals surface area contributed by atoms with Crippen LogP contribution in [0, 0.1) is 23.7 Å². The van der Waals surface area contributed by atoms with Crippen LogP contribution in [0.5, 0.6) is 0 Å². The van der Waals surface area contributed by atoms with Crippen molar-refractivity contribution in [3.8, 4) is 0 Å². The van der Waals surface area contributed by atoms with E-state index in [2.05, 4.69) is 22.5 Å². The third kappa shape index (κ3) is 2.09. The molecule has 124 valence electrons. The molecule has 0 radical (unpaired) electrons. The van der Waals surface area contributed by atoms with Crippen molar-refractivity contribution in [1.29, 1.82) is 0 Å². The summed E-state index contributed by atoms with van der Waals surface area (Å²) >= 11 is 0. The summed E-state index contributed by atoms with van der Waals surface area (Å²) in [5.74, 6) is 9.08. The van der Waals surface area contributed by atoms with Crippen molar-refractivity contribution in [3.05, 3.63) is 41.6 Å². The van der Waals surface area contributed by atoms with Gasteiger partial charge in [-0.15, -0.1) is 0 Å². The summed E-state index contributed by atoms with van der Waals surface area (Å²) in [6.07, 6.45) is 6.93. The molecule has 2 aromatic rings. The molecule has 0 saturated heterocycles. The second-order valence-corrected chi connectivity index (χ2v) is 8.04. The normalized spacial score (nSPS) is 33.8. The molecule has 4 saturated carbocycles. The van der Waals surface area contributed by atoms with Crippen molar-refractivity contribution < 1.29 is 4.79 Å². The molecule has 1 aromatic carbocycles. The maximum atomic E-state index is 12.1. The van der Waals surface area contributed by atoms with Gasteiger partial charge in [-0.05, 0) is 79.4 Å². The van der Waals surface area contributed by atoms with Crippen molar-refractivity contribution in [2.75, 3.05) is 0 Å². The minimum absolute atomic E-state index is 0.300. The smallest absolute Gasteiger partial charge is 0.283 e. The van der Waals surface area contributed by atoms with Gasteiger partial charge in [0.25, 0.3) is 5.91 Å². The number of hydrogen-bond acceptors (Lipinski definition) is 3. The quantitative estimate of drug-likeness (QED) is 0.506. The fourth-order valence-electron chi connectivity index (χ4n) is 6.10. The number of hydrazine groups is 1. The number of carbonyl (C=O) groups excluding carboxylic acids is 1. The third-order valence-electron chi connectivity index (χ3n) is 6.70. The van der Waals surface area contributed by atoms with Crippen LogP contribution in [0.15, 0.2) is 30.3 Å². The fraction of sp³-hybridized carbons (Fsp3) is 0.500. The van der Waals surface area contributed by atoms with Gasteiger partial charge >= 0.3 is 0 Å². The highest BCUT2D eigenvalue weighted by atomic mass is 16.2. The van der Waals surface area contributed by atoms with Crippen LogP contribution in [0.1, 0.15) is 54.1 Å². The number of aromatic nitrogens is 1. The molecule has 24 heavy (non-hydrogen) atoms. The summed E-state index contributed by atoms with van der Waals surface area (Å²) in [5, 5.41) is 1.21. The van der Waals surface area contributed by atoms with Gasteiger partial charge in [-0.2, -0.15) is 0 Å². The van der Waals surface area contributed by atoms with Crippen LogP contribution in [0.3, 0.4) is 0 Å². The van der Waals surface area contributed by atoms with Crippen LogP contribution >= 0.6 is 0 Å². The molecule has 0 spiro atoms. The number of nitrogen functional groups attached to an aromatic ring is 1. The molecular formula is C20H23N3O. The first-order valence-corrected chi connectivity index (χ1v) is 9.13.